The van der Waals surface area contributed by atoms with E-state index in [-0.39, 0.29) is 33.7 Å². The van der Waals surface area contributed by atoms with Crippen LogP contribution in [-0.2, 0) is 9.53 Å². The third-order valence-corrected chi connectivity index (χ3v) is 12.5. The van der Waals surface area contributed by atoms with Crippen molar-refractivity contribution in [3.63, 3.8) is 0 Å². The Bertz CT molecular complexity index is 996. The van der Waals surface area contributed by atoms with Gasteiger partial charge in [-0.25, -0.2) is 0 Å². The summed E-state index contributed by atoms with van der Waals surface area (Å²) in [6, 6.07) is 0. The van der Waals surface area contributed by atoms with E-state index in [2.05, 4.69) is 73.6 Å². The number of carbonyl (C=O) groups excluding carboxylic acids is 1. The van der Waals surface area contributed by atoms with Crippen LogP contribution in [0, 0.1) is 44.8 Å². The molecule has 0 aliphatic heterocycles. The maximum absolute atomic E-state index is 11.9. The van der Waals surface area contributed by atoms with Crippen LogP contribution in [0.4, 0.5) is 0 Å². The fourth-order valence-corrected chi connectivity index (χ4v) is 10.1. The fraction of sp³-hybridized carbons (Fsp3) is 0.781. The summed E-state index contributed by atoms with van der Waals surface area (Å²) in [6.07, 6.45) is 16.2. The molecule has 0 aromatic rings. The summed E-state index contributed by atoms with van der Waals surface area (Å²) in [5.41, 5.74) is 5.98. The van der Waals surface area contributed by atoms with E-state index in [1.807, 2.05) is 0 Å². The van der Waals surface area contributed by atoms with Gasteiger partial charge in [0.25, 0.3) is 0 Å². The summed E-state index contributed by atoms with van der Waals surface area (Å²) >= 11 is 0. The molecule has 0 bridgehead atoms. The predicted octanol–water partition coefficient (Wildman–Crippen LogP) is 8.44. The Balaban J connectivity index is 1.57. The minimum Gasteiger partial charge on any atom is -0.462 e. The zero-order chi connectivity index (χ0) is 24.9. The lowest BCUT2D eigenvalue weighted by atomic mass is 9.35. The molecule has 0 N–H and O–H groups in total. The van der Waals surface area contributed by atoms with Gasteiger partial charge >= 0.3 is 5.97 Å². The zero-order valence-electron chi connectivity index (χ0n) is 23.3. The second-order valence-electron chi connectivity index (χ2n) is 14.4. The Morgan fingerprint density at radius 1 is 0.971 bits per heavy atom. The molecule has 0 spiro atoms. The number of fused-ring (bicyclic) bond motifs is 7. The lowest BCUT2D eigenvalue weighted by molar-refractivity contribution is -0.159. The topological polar surface area (TPSA) is 26.3 Å². The van der Waals surface area contributed by atoms with Crippen LogP contribution in [0.5, 0.6) is 0 Å². The number of carbonyl (C=O) groups is 1. The van der Waals surface area contributed by atoms with Gasteiger partial charge in [0.05, 0.1) is 0 Å². The average Bonchev–Trinajstić information content (AvgIpc) is 2.74. The largest absolute Gasteiger partial charge is 0.462 e. The van der Waals surface area contributed by atoms with E-state index in [0.717, 1.165) is 19.3 Å². The molecule has 0 amide bonds. The molecule has 0 heterocycles. The van der Waals surface area contributed by atoms with Crippen LogP contribution in [0.2, 0.25) is 0 Å². The molecule has 8 atom stereocenters. The highest BCUT2D eigenvalue weighted by Gasteiger charge is 2.66. The van der Waals surface area contributed by atoms with Crippen molar-refractivity contribution in [2.24, 2.45) is 44.8 Å². The Hall–Kier alpha value is -1.31. The van der Waals surface area contributed by atoms with Crippen LogP contribution in [-0.4, -0.2) is 12.1 Å². The first-order valence-corrected chi connectivity index (χ1v) is 14.0. The van der Waals surface area contributed by atoms with Crippen molar-refractivity contribution >= 4 is 5.97 Å². The van der Waals surface area contributed by atoms with Crippen molar-refractivity contribution in [3.05, 3.63) is 34.9 Å². The third kappa shape index (κ3) is 2.95. The van der Waals surface area contributed by atoms with Crippen molar-refractivity contribution in [1.82, 2.24) is 0 Å². The van der Waals surface area contributed by atoms with E-state index in [0.29, 0.717) is 23.2 Å². The highest BCUT2D eigenvalue weighted by Crippen LogP contribution is 2.74. The van der Waals surface area contributed by atoms with Gasteiger partial charge in [-0.05, 0) is 91.3 Å². The minimum absolute atomic E-state index is 0.00722. The Kier molecular flexibility index (Phi) is 5.28. The fourth-order valence-electron chi connectivity index (χ4n) is 10.1. The van der Waals surface area contributed by atoms with Gasteiger partial charge in [-0.15, -0.1) is 0 Å². The molecule has 5 aliphatic rings. The first-order chi connectivity index (χ1) is 15.7. The van der Waals surface area contributed by atoms with Crippen molar-refractivity contribution in [2.75, 3.05) is 0 Å². The smallest absolute Gasteiger partial charge is 0.302 e. The van der Waals surface area contributed by atoms with Crippen LogP contribution < -0.4 is 0 Å². The first-order valence-electron chi connectivity index (χ1n) is 14.0. The lowest BCUT2D eigenvalue weighted by Crippen LogP contribution is -2.61. The Morgan fingerprint density at radius 2 is 1.68 bits per heavy atom. The summed E-state index contributed by atoms with van der Waals surface area (Å²) in [7, 11) is 0. The van der Waals surface area contributed by atoms with Crippen LogP contribution in [0.3, 0.4) is 0 Å². The van der Waals surface area contributed by atoms with Crippen molar-refractivity contribution in [1.29, 1.82) is 0 Å². The highest BCUT2D eigenvalue weighted by atomic mass is 16.5. The molecule has 5 rings (SSSR count). The van der Waals surface area contributed by atoms with Crippen LogP contribution in [0.1, 0.15) is 107 Å². The molecule has 1 unspecified atom stereocenters. The molecule has 2 nitrogen and oxygen atoms in total. The summed E-state index contributed by atoms with van der Waals surface area (Å²) in [5, 5.41) is 0. The van der Waals surface area contributed by atoms with Gasteiger partial charge < -0.3 is 4.74 Å². The maximum Gasteiger partial charge on any atom is 0.302 e. The molecule has 34 heavy (non-hydrogen) atoms. The summed E-state index contributed by atoms with van der Waals surface area (Å²) < 4.78 is 5.86. The average molecular weight is 465 g/mol. The van der Waals surface area contributed by atoms with E-state index in [4.69, 9.17) is 4.74 Å². The molecule has 0 aromatic carbocycles. The monoisotopic (exact) mass is 464 g/mol. The molecule has 188 valence electrons. The molecule has 0 radical (unpaired) electrons. The number of hydrogen-bond acceptors (Lipinski definition) is 2. The van der Waals surface area contributed by atoms with Gasteiger partial charge in [-0.3, -0.25) is 4.79 Å². The van der Waals surface area contributed by atoms with Crippen molar-refractivity contribution < 1.29 is 9.53 Å². The molecule has 2 saturated carbocycles. The second-order valence-corrected chi connectivity index (χ2v) is 14.4. The third-order valence-electron chi connectivity index (χ3n) is 12.5. The number of ether oxygens (including phenoxy) is 1. The molecular formula is C32H48O2. The van der Waals surface area contributed by atoms with Crippen LogP contribution in [0.15, 0.2) is 34.9 Å². The number of allylic oxidation sites excluding steroid dienone is 5. The zero-order valence-corrected chi connectivity index (χ0v) is 23.3. The molecule has 0 saturated heterocycles. The van der Waals surface area contributed by atoms with Gasteiger partial charge in [0.15, 0.2) is 0 Å². The van der Waals surface area contributed by atoms with E-state index < -0.39 is 0 Å². The number of esters is 1. The molecule has 2 fully saturated rings. The van der Waals surface area contributed by atoms with Crippen LogP contribution >= 0.6 is 0 Å². The second kappa shape index (κ2) is 7.36. The molecule has 0 aromatic heterocycles. The van der Waals surface area contributed by atoms with Gasteiger partial charge in [-0.2, -0.15) is 0 Å². The van der Waals surface area contributed by atoms with Gasteiger partial charge in [0.2, 0.25) is 0 Å². The summed E-state index contributed by atoms with van der Waals surface area (Å²) in [5.74, 6) is 1.83. The minimum atomic E-state index is -0.142. The summed E-state index contributed by atoms with van der Waals surface area (Å²) in [4.78, 5) is 11.9. The predicted molar refractivity (Wildman–Crippen MR) is 140 cm³/mol. The van der Waals surface area contributed by atoms with Gasteiger partial charge in [-0.1, -0.05) is 83.4 Å². The quantitative estimate of drug-likeness (QED) is 0.287. The van der Waals surface area contributed by atoms with E-state index in [1.165, 1.54) is 25.7 Å². The highest BCUT2D eigenvalue weighted by molar-refractivity contribution is 5.66. The van der Waals surface area contributed by atoms with E-state index in [1.54, 1.807) is 23.6 Å². The SMILES string of the molecule is CC(=O)O[C@@H]1CC[C@@]2(C)C(=CC[C@]3(C)C2CC=C2[C@H]4[C@H](C)C(C)=CC[C@]4(C)CC[C@]23C)C1(C)C. The summed E-state index contributed by atoms with van der Waals surface area (Å²) in [6.45, 7) is 21.5. The maximum atomic E-state index is 11.9. The standard InChI is InChI=1S/C32H48O2/c1-20-12-15-29(6)18-19-31(8)23(27(29)21(20)2)10-11-25-30(7)16-14-26(34-22(3)33)28(4,5)24(30)13-17-32(25,31)9/h10,12-13,21,25-27H,11,14-19H2,1-9H3/t21-,25?,26-,27-,29-,30+,31-,32-/m1/s1. The van der Waals surface area contributed by atoms with E-state index in [9.17, 15) is 4.79 Å². The van der Waals surface area contributed by atoms with Gasteiger partial charge in [0.1, 0.15) is 6.10 Å². The van der Waals surface area contributed by atoms with E-state index >= 15 is 0 Å². The number of hydrogen-bond donors (Lipinski definition) is 0. The van der Waals surface area contributed by atoms with Crippen molar-refractivity contribution in [2.45, 2.75) is 113 Å². The Morgan fingerprint density at radius 3 is 2.35 bits per heavy atom. The van der Waals surface area contributed by atoms with Gasteiger partial charge in [0, 0.05) is 12.3 Å². The molecule has 5 aliphatic carbocycles. The first kappa shape index (κ1) is 24.4. The Labute approximate surface area is 208 Å². The van der Waals surface area contributed by atoms with Crippen LogP contribution in [0.25, 0.3) is 0 Å². The normalized spacial score (nSPS) is 49.3. The van der Waals surface area contributed by atoms with Crippen molar-refractivity contribution in [3.8, 4) is 0 Å². The number of rotatable bonds is 1. The molecular weight excluding hydrogens is 416 g/mol. The lowest BCUT2D eigenvalue weighted by Gasteiger charge is -2.69. The molecule has 2 heteroatoms.